The van der Waals surface area contributed by atoms with E-state index in [2.05, 4.69) is 5.32 Å². The summed E-state index contributed by atoms with van der Waals surface area (Å²) in [5, 5.41) is 2.76. The number of nitrogens with one attached hydrogen (secondary N) is 1. The van der Waals surface area contributed by atoms with E-state index in [9.17, 15) is 4.79 Å². The Hall–Kier alpha value is -1.51. The first-order chi connectivity index (χ1) is 6.63. The minimum atomic E-state index is -0.0137. The largest absolute Gasteiger partial charge is 0.497 e. The van der Waals surface area contributed by atoms with Crippen molar-refractivity contribution in [2.24, 2.45) is 0 Å². The molecule has 0 aliphatic rings. The van der Waals surface area contributed by atoms with Gasteiger partial charge in [0.2, 0.25) is 5.91 Å². The summed E-state index contributed by atoms with van der Waals surface area (Å²) in [6.45, 7) is 4.09. The molecular weight excluding hydrogens is 178 g/mol. The van der Waals surface area contributed by atoms with E-state index in [1.165, 1.54) is 6.92 Å². The molecule has 0 aromatic heterocycles. The molecule has 0 aliphatic heterocycles. The maximum Gasteiger partial charge on any atom is 0.217 e. The topological polar surface area (TPSA) is 38.3 Å². The minimum Gasteiger partial charge on any atom is -0.497 e. The zero-order valence-corrected chi connectivity index (χ0v) is 8.76. The highest BCUT2D eigenvalue weighted by molar-refractivity contribution is 5.72. The molecule has 1 N–H and O–H groups in total. The lowest BCUT2D eigenvalue weighted by Gasteiger charge is -2.08. The fourth-order valence-corrected chi connectivity index (χ4v) is 1.21. The number of rotatable bonds is 3. The van der Waals surface area contributed by atoms with Crippen molar-refractivity contribution in [2.45, 2.75) is 20.4 Å². The minimum absolute atomic E-state index is 0.0137. The van der Waals surface area contributed by atoms with E-state index in [1.54, 1.807) is 7.11 Å². The van der Waals surface area contributed by atoms with Gasteiger partial charge in [0.05, 0.1) is 7.11 Å². The van der Waals surface area contributed by atoms with Crippen molar-refractivity contribution in [2.75, 3.05) is 7.11 Å². The van der Waals surface area contributed by atoms with Gasteiger partial charge in [-0.15, -0.1) is 0 Å². The quantitative estimate of drug-likeness (QED) is 0.792. The summed E-state index contributed by atoms with van der Waals surface area (Å²) in [7, 11) is 1.64. The van der Waals surface area contributed by atoms with E-state index in [1.807, 2.05) is 25.1 Å². The summed E-state index contributed by atoms with van der Waals surface area (Å²) in [4.78, 5) is 10.7. The molecule has 0 heterocycles. The summed E-state index contributed by atoms with van der Waals surface area (Å²) in [6.07, 6.45) is 0. The normalized spacial score (nSPS) is 9.64. The van der Waals surface area contributed by atoms with Crippen LogP contribution in [0.4, 0.5) is 0 Å². The van der Waals surface area contributed by atoms with Crippen LogP contribution in [0.3, 0.4) is 0 Å². The molecule has 14 heavy (non-hydrogen) atoms. The Kier molecular flexibility index (Phi) is 3.51. The zero-order chi connectivity index (χ0) is 10.6. The third-order valence-electron chi connectivity index (χ3n) is 2.08. The molecule has 0 saturated heterocycles. The number of carbonyl (C=O) groups is 1. The lowest BCUT2D eigenvalue weighted by atomic mass is 10.1. The SMILES string of the molecule is COc1ccc(CNC(C)=O)c(C)c1. The molecule has 3 heteroatoms. The highest BCUT2D eigenvalue weighted by Crippen LogP contribution is 2.16. The van der Waals surface area contributed by atoms with Gasteiger partial charge in [0, 0.05) is 13.5 Å². The van der Waals surface area contributed by atoms with Gasteiger partial charge in [-0.3, -0.25) is 4.79 Å². The smallest absolute Gasteiger partial charge is 0.217 e. The molecule has 0 radical (unpaired) electrons. The molecule has 0 bridgehead atoms. The molecular formula is C11H15NO2. The van der Waals surface area contributed by atoms with Gasteiger partial charge in [0.1, 0.15) is 5.75 Å². The third kappa shape index (κ3) is 2.76. The third-order valence-corrected chi connectivity index (χ3v) is 2.08. The first-order valence-electron chi connectivity index (χ1n) is 4.51. The van der Waals surface area contributed by atoms with Gasteiger partial charge in [-0.2, -0.15) is 0 Å². The average molecular weight is 193 g/mol. The van der Waals surface area contributed by atoms with Crippen molar-refractivity contribution < 1.29 is 9.53 Å². The molecule has 0 unspecified atom stereocenters. The second kappa shape index (κ2) is 4.65. The molecule has 0 aliphatic carbocycles. The molecule has 1 aromatic rings. The van der Waals surface area contributed by atoms with Crippen LogP contribution in [0.1, 0.15) is 18.1 Å². The molecule has 1 rings (SSSR count). The highest BCUT2D eigenvalue weighted by atomic mass is 16.5. The van der Waals surface area contributed by atoms with Crippen molar-refractivity contribution in [1.29, 1.82) is 0 Å². The van der Waals surface area contributed by atoms with E-state index in [0.29, 0.717) is 6.54 Å². The molecule has 3 nitrogen and oxygen atoms in total. The van der Waals surface area contributed by atoms with Crippen LogP contribution in [-0.4, -0.2) is 13.0 Å². The van der Waals surface area contributed by atoms with Crippen LogP contribution < -0.4 is 10.1 Å². The summed E-state index contributed by atoms with van der Waals surface area (Å²) < 4.78 is 5.09. The van der Waals surface area contributed by atoms with Crippen molar-refractivity contribution in [3.05, 3.63) is 29.3 Å². The van der Waals surface area contributed by atoms with Crippen LogP contribution in [0, 0.1) is 6.92 Å². The van der Waals surface area contributed by atoms with E-state index in [-0.39, 0.29) is 5.91 Å². The van der Waals surface area contributed by atoms with Crippen LogP contribution in [0.25, 0.3) is 0 Å². The van der Waals surface area contributed by atoms with Gasteiger partial charge in [-0.05, 0) is 30.2 Å². The Morgan fingerprint density at radius 3 is 2.71 bits per heavy atom. The number of methoxy groups -OCH3 is 1. The fourth-order valence-electron chi connectivity index (χ4n) is 1.21. The predicted octanol–water partition coefficient (Wildman–Crippen LogP) is 1.64. The lowest BCUT2D eigenvalue weighted by Crippen LogP contribution is -2.19. The maximum absolute atomic E-state index is 10.7. The van der Waals surface area contributed by atoms with Crippen LogP contribution in [0.5, 0.6) is 5.75 Å². The Morgan fingerprint density at radius 2 is 2.21 bits per heavy atom. The van der Waals surface area contributed by atoms with E-state index in [0.717, 1.165) is 16.9 Å². The molecule has 0 fully saturated rings. The standard InChI is InChI=1S/C11H15NO2/c1-8-6-11(14-3)5-4-10(8)7-12-9(2)13/h4-6H,7H2,1-3H3,(H,12,13). The zero-order valence-electron chi connectivity index (χ0n) is 8.76. The number of aryl methyl sites for hydroxylation is 1. The number of carbonyl (C=O) groups excluding carboxylic acids is 1. The first kappa shape index (κ1) is 10.6. The monoisotopic (exact) mass is 193 g/mol. The molecule has 0 atom stereocenters. The van der Waals surface area contributed by atoms with Gasteiger partial charge in [-0.25, -0.2) is 0 Å². The summed E-state index contributed by atoms with van der Waals surface area (Å²) in [6, 6.07) is 5.81. The lowest BCUT2D eigenvalue weighted by molar-refractivity contribution is -0.119. The van der Waals surface area contributed by atoms with Gasteiger partial charge < -0.3 is 10.1 Å². The molecule has 0 saturated carbocycles. The Morgan fingerprint density at radius 1 is 1.50 bits per heavy atom. The van der Waals surface area contributed by atoms with Gasteiger partial charge in [-0.1, -0.05) is 6.07 Å². The predicted molar refractivity (Wildman–Crippen MR) is 55.3 cm³/mol. The van der Waals surface area contributed by atoms with Gasteiger partial charge in [0.25, 0.3) is 0 Å². The Bertz CT molecular complexity index is 334. The van der Waals surface area contributed by atoms with Crippen molar-refractivity contribution >= 4 is 5.91 Å². The first-order valence-corrected chi connectivity index (χ1v) is 4.51. The van der Waals surface area contributed by atoms with Gasteiger partial charge in [0.15, 0.2) is 0 Å². The van der Waals surface area contributed by atoms with Crippen LogP contribution in [0.2, 0.25) is 0 Å². The maximum atomic E-state index is 10.7. The van der Waals surface area contributed by atoms with Crippen LogP contribution in [-0.2, 0) is 11.3 Å². The van der Waals surface area contributed by atoms with Crippen LogP contribution in [0.15, 0.2) is 18.2 Å². The Labute approximate surface area is 84.1 Å². The number of amides is 1. The van der Waals surface area contributed by atoms with E-state index >= 15 is 0 Å². The molecule has 0 spiro atoms. The summed E-state index contributed by atoms with van der Waals surface area (Å²) in [5.41, 5.74) is 2.24. The second-order valence-corrected chi connectivity index (χ2v) is 3.20. The van der Waals surface area contributed by atoms with E-state index < -0.39 is 0 Å². The van der Waals surface area contributed by atoms with Gasteiger partial charge >= 0.3 is 0 Å². The summed E-state index contributed by atoms with van der Waals surface area (Å²) >= 11 is 0. The highest BCUT2D eigenvalue weighted by Gasteiger charge is 2.00. The van der Waals surface area contributed by atoms with Crippen LogP contribution >= 0.6 is 0 Å². The number of hydrogen-bond donors (Lipinski definition) is 1. The fraction of sp³-hybridized carbons (Fsp3) is 0.364. The Balaban J connectivity index is 2.73. The van der Waals surface area contributed by atoms with Crippen molar-refractivity contribution in [3.63, 3.8) is 0 Å². The number of ether oxygens (including phenoxy) is 1. The van der Waals surface area contributed by atoms with Crippen molar-refractivity contribution in [3.8, 4) is 5.75 Å². The molecule has 76 valence electrons. The molecule has 1 amide bonds. The second-order valence-electron chi connectivity index (χ2n) is 3.20. The van der Waals surface area contributed by atoms with E-state index in [4.69, 9.17) is 4.74 Å². The number of benzene rings is 1. The molecule has 1 aromatic carbocycles. The summed E-state index contributed by atoms with van der Waals surface area (Å²) in [5.74, 6) is 0.828. The number of hydrogen-bond acceptors (Lipinski definition) is 2. The van der Waals surface area contributed by atoms with Crippen molar-refractivity contribution in [1.82, 2.24) is 5.32 Å². The average Bonchev–Trinajstić information content (AvgIpc) is 2.15.